The van der Waals surface area contributed by atoms with Crippen LogP contribution in [0.4, 0.5) is 5.82 Å². The minimum Gasteiger partial charge on any atom is -0.363 e. The molecule has 3 N–H and O–H groups in total. The Morgan fingerprint density at radius 2 is 2.33 bits per heavy atom. The monoisotopic (exact) mass is 220 g/mol. The SMILES string of the molecule is NCC1(Nc2ncnc3sccc23)CC1. The number of nitrogens with two attached hydrogens (primary N) is 1. The van der Waals surface area contributed by atoms with Crippen LogP contribution in [-0.2, 0) is 0 Å². The van der Waals surface area contributed by atoms with Crippen LogP contribution in [0.25, 0.3) is 10.2 Å². The van der Waals surface area contributed by atoms with Crippen molar-refractivity contribution in [1.29, 1.82) is 0 Å². The molecule has 2 aromatic heterocycles. The number of hydrogen-bond donors (Lipinski definition) is 2. The van der Waals surface area contributed by atoms with Gasteiger partial charge in [0.25, 0.3) is 0 Å². The van der Waals surface area contributed by atoms with Crippen molar-refractivity contribution in [2.24, 2.45) is 5.73 Å². The number of nitrogens with zero attached hydrogens (tertiary/aromatic N) is 2. The van der Waals surface area contributed by atoms with Crippen molar-refractivity contribution < 1.29 is 0 Å². The summed E-state index contributed by atoms with van der Waals surface area (Å²) in [6, 6.07) is 2.05. The van der Waals surface area contributed by atoms with Gasteiger partial charge in [-0.1, -0.05) is 0 Å². The Bertz CT molecular complexity index is 489. The van der Waals surface area contributed by atoms with Crippen molar-refractivity contribution in [2.75, 3.05) is 11.9 Å². The molecule has 1 aliphatic rings. The average Bonchev–Trinajstić information content (AvgIpc) is 2.87. The topological polar surface area (TPSA) is 63.8 Å². The van der Waals surface area contributed by atoms with Gasteiger partial charge in [0.2, 0.25) is 0 Å². The maximum absolute atomic E-state index is 5.73. The van der Waals surface area contributed by atoms with Gasteiger partial charge in [0.05, 0.1) is 10.9 Å². The fourth-order valence-corrected chi connectivity index (χ4v) is 2.40. The number of fused-ring (bicyclic) bond motifs is 1. The fraction of sp³-hybridized carbons (Fsp3) is 0.400. The highest BCUT2D eigenvalue weighted by Crippen LogP contribution is 2.38. The number of nitrogens with one attached hydrogen (secondary N) is 1. The van der Waals surface area contributed by atoms with Crippen LogP contribution in [0, 0.1) is 0 Å². The number of aromatic nitrogens is 2. The van der Waals surface area contributed by atoms with Crippen molar-refractivity contribution in [3.8, 4) is 0 Å². The zero-order valence-electron chi connectivity index (χ0n) is 8.23. The van der Waals surface area contributed by atoms with Crippen LogP contribution in [0.3, 0.4) is 0 Å². The van der Waals surface area contributed by atoms with E-state index in [0.29, 0.717) is 6.54 Å². The van der Waals surface area contributed by atoms with Crippen LogP contribution in [0.5, 0.6) is 0 Å². The molecule has 1 saturated carbocycles. The summed E-state index contributed by atoms with van der Waals surface area (Å²) in [5.74, 6) is 0.921. The van der Waals surface area contributed by atoms with Gasteiger partial charge >= 0.3 is 0 Å². The molecule has 1 fully saturated rings. The molecule has 0 spiro atoms. The molecule has 3 rings (SSSR count). The lowest BCUT2D eigenvalue weighted by Gasteiger charge is -2.15. The van der Waals surface area contributed by atoms with E-state index in [1.807, 2.05) is 5.38 Å². The smallest absolute Gasteiger partial charge is 0.138 e. The van der Waals surface area contributed by atoms with Crippen molar-refractivity contribution in [1.82, 2.24) is 9.97 Å². The summed E-state index contributed by atoms with van der Waals surface area (Å²) in [5.41, 5.74) is 5.83. The molecular formula is C10H12N4S. The summed E-state index contributed by atoms with van der Waals surface area (Å²) in [6.07, 6.45) is 3.88. The van der Waals surface area contributed by atoms with Crippen LogP contribution < -0.4 is 11.1 Å². The van der Waals surface area contributed by atoms with E-state index in [-0.39, 0.29) is 5.54 Å². The third kappa shape index (κ3) is 1.48. The van der Waals surface area contributed by atoms with Crippen LogP contribution in [-0.4, -0.2) is 22.1 Å². The largest absolute Gasteiger partial charge is 0.363 e. The molecular weight excluding hydrogens is 208 g/mol. The lowest BCUT2D eigenvalue weighted by Crippen LogP contribution is -2.31. The van der Waals surface area contributed by atoms with Gasteiger partial charge in [-0.15, -0.1) is 11.3 Å². The highest BCUT2D eigenvalue weighted by molar-refractivity contribution is 7.16. The zero-order chi connectivity index (χ0) is 10.3. The molecule has 4 nitrogen and oxygen atoms in total. The Hall–Kier alpha value is -1.20. The molecule has 0 bridgehead atoms. The second-order valence-corrected chi connectivity index (χ2v) is 4.87. The second-order valence-electron chi connectivity index (χ2n) is 3.97. The number of thiophene rings is 1. The molecule has 0 saturated heterocycles. The van der Waals surface area contributed by atoms with Crippen LogP contribution >= 0.6 is 11.3 Å². The van der Waals surface area contributed by atoms with Gasteiger partial charge in [0.1, 0.15) is 17.0 Å². The molecule has 1 aliphatic carbocycles. The first kappa shape index (κ1) is 9.06. The first-order chi connectivity index (χ1) is 7.33. The average molecular weight is 220 g/mol. The lowest BCUT2D eigenvalue weighted by atomic mass is 10.2. The van der Waals surface area contributed by atoms with E-state index in [1.54, 1.807) is 17.7 Å². The summed E-state index contributed by atoms with van der Waals surface area (Å²) >= 11 is 1.63. The van der Waals surface area contributed by atoms with Crippen LogP contribution in [0.1, 0.15) is 12.8 Å². The molecule has 0 radical (unpaired) electrons. The number of anilines is 1. The standard InChI is InChI=1S/C10H12N4S/c11-5-10(2-3-10)14-8-7-1-4-15-9(7)13-6-12-8/h1,4,6H,2-3,5,11H2,(H,12,13,14). The van der Waals surface area contributed by atoms with Crippen LogP contribution in [0.2, 0.25) is 0 Å². The minimum absolute atomic E-state index is 0.100. The quantitative estimate of drug-likeness (QED) is 0.824. The predicted molar refractivity (Wildman–Crippen MR) is 62.1 cm³/mol. The van der Waals surface area contributed by atoms with Gasteiger partial charge in [0.15, 0.2) is 0 Å². The van der Waals surface area contributed by atoms with Crippen molar-refractivity contribution >= 4 is 27.4 Å². The Balaban J connectivity index is 2.00. The predicted octanol–water partition coefficient (Wildman–Crippen LogP) is 1.59. The Morgan fingerprint density at radius 1 is 1.47 bits per heavy atom. The van der Waals surface area contributed by atoms with E-state index in [0.717, 1.165) is 28.9 Å². The Labute approximate surface area is 91.5 Å². The second kappa shape index (κ2) is 3.15. The highest BCUT2D eigenvalue weighted by atomic mass is 32.1. The molecule has 0 amide bonds. The normalized spacial score (nSPS) is 17.9. The molecule has 15 heavy (non-hydrogen) atoms. The van der Waals surface area contributed by atoms with Crippen molar-refractivity contribution in [3.63, 3.8) is 0 Å². The molecule has 0 aliphatic heterocycles. The maximum atomic E-state index is 5.73. The first-order valence-electron chi connectivity index (χ1n) is 4.99. The maximum Gasteiger partial charge on any atom is 0.138 e. The third-order valence-corrected chi connectivity index (χ3v) is 3.71. The molecule has 5 heteroatoms. The number of hydrogen-bond acceptors (Lipinski definition) is 5. The summed E-state index contributed by atoms with van der Waals surface area (Å²) < 4.78 is 0. The Morgan fingerprint density at radius 3 is 3.07 bits per heavy atom. The molecule has 2 heterocycles. The fourth-order valence-electron chi connectivity index (χ4n) is 1.67. The first-order valence-corrected chi connectivity index (χ1v) is 5.87. The van der Waals surface area contributed by atoms with Gasteiger partial charge in [-0.05, 0) is 24.3 Å². The van der Waals surface area contributed by atoms with Crippen LogP contribution in [0.15, 0.2) is 17.8 Å². The summed E-state index contributed by atoms with van der Waals surface area (Å²) in [5, 5.41) is 6.57. The molecule has 2 aromatic rings. The molecule has 0 unspecified atom stereocenters. The highest BCUT2D eigenvalue weighted by Gasteiger charge is 2.41. The third-order valence-electron chi connectivity index (χ3n) is 2.89. The van der Waals surface area contributed by atoms with Crippen molar-refractivity contribution in [2.45, 2.75) is 18.4 Å². The van der Waals surface area contributed by atoms with Gasteiger partial charge in [-0.25, -0.2) is 9.97 Å². The van der Waals surface area contributed by atoms with Gasteiger partial charge < -0.3 is 11.1 Å². The number of rotatable bonds is 3. The van der Waals surface area contributed by atoms with Gasteiger partial charge in [-0.3, -0.25) is 0 Å². The van der Waals surface area contributed by atoms with Gasteiger partial charge in [-0.2, -0.15) is 0 Å². The summed E-state index contributed by atoms with van der Waals surface area (Å²) in [7, 11) is 0. The van der Waals surface area contributed by atoms with E-state index >= 15 is 0 Å². The zero-order valence-corrected chi connectivity index (χ0v) is 9.05. The van der Waals surface area contributed by atoms with E-state index in [4.69, 9.17) is 5.73 Å². The Kier molecular flexibility index (Phi) is 1.90. The van der Waals surface area contributed by atoms with E-state index in [9.17, 15) is 0 Å². The molecule has 78 valence electrons. The van der Waals surface area contributed by atoms with Gasteiger partial charge in [0, 0.05) is 6.54 Å². The molecule has 0 aromatic carbocycles. The van der Waals surface area contributed by atoms with E-state index in [2.05, 4.69) is 21.4 Å². The van der Waals surface area contributed by atoms with E-state index in [1.165, 1.54) is 0 Å². The molecule has 0 atom stereocenters. The minimum atomic E-state index is 0.100. The summed E-state index contributed by atoms with van der Waals surface area (Å²) in [4.78, 5) is 9.52. The van der Waals surface area contributed by atoms with Crippen molar-refractivity contribution in [3.05, 3.63) is 17.8 Å². The lowest BCUT2D eigenvalue weighted by molar-refractivity contribution is 0.738. The van der Waals surface area contributed by atoms with E-state index < -0.39 is 0 Å². The summed E-state index contributed by atoms with van der Waals surface area (Å²) in [6.45, 7) is 0.669.